The lowest BCUT2D eigenvalue weighted by Gasteiger charge is -2.26. The Morgan fingerprint density at radius 2 is 1.92 bits per heavy atom. The Labute approximate surface area is 155 Å². The van der Waals surface area contributed by atoms with Gasteiger partial charge in [0.25, 0.3) is 0 Å². The molecular formula is C23H26N2O. The first-order valence-electron chi connectivity index (χ1n) is 9.47. The molecule has 1 N–H and O–H groups in total. The van der Waals surface area contributed by atoms with Crippen LogP contribution < -0.4 is 0 Å². The van der Waals surface area contributed by atoms with Crippen LogP contribution in [0.3, 0.4) is 0 Å². The van der Waals surface area contributed by atoms with Crippen LogP contribution in [-0.2, 0) is 11.2 Å². The van der Waals surface area contributed by atoms with Crippen LogP contribution in [0.25, 0.3) is 10.9 Å². The zero-order valence-electron chi connectivity index (χ0n) is 15.8. The number of hydrogen-bond donors (Lipinski definition) is 1. The zero-order chi connectivity index (χ0) is 18.3. The molecule has 1 saturated heterocycles. The number of aromatic nitrogens is 1. The normalized spacial score (nSPS) is 17.2. The molecule has 134 valence electrons. The molecule has 0 aliphatic carbocycles. The van der Waals surface area contributed by atoms with Crippen molar-refractivity contribution in [2.75, 3.05) is 6.54 Å². The summed E-state index contributed by atoms with van der Waals surface area (Å²) in [6.07, 6.45) is 2.61. The molecule has 3 heteroatoms. The van der Waals surface area contributed by atoms with Crippen molar-refractivity contribution in [1.29, 1.82) is 0 Å². The molecule has 3 nitrogen and oxygen atoms in total. The van der Waals surface area contributed by atoms with Crippen molar-refractivity contribution < 1.29 is 4.79 Å². The molecule has 3 aromatic rings. The number of aryl methyl sites for hydroxylation is 3. The minimum absolute atomic E-state index is 0.215. The third kappa shape index (κ3) is 2.92. The van der Waals surface area contributed by atoms with Gasteiger partial charge in [0.05, 0.1) is 12.5 Å². The summed E-state index contributed by atoms with van der Waals surface area (Å²) in [6.45, 7) is 7.21. The maximum absolute atomic E-state index is 13.2. The first-order chi connectivity index (χ1) is 12.5. The van der Waals surface area contributed by atoms with Crippen LogP contribution in [0.5, 0.6) is 0 Å². The number of nitrogens with one attached hydrogen (secondary N) is 1. The molecule has 1 aliphatic rings. The Morgan fingerprint density at radius 3 is 2.73 bits per heavy atom. The lowest BCUT2D eigenvalue weighted by Crippen LogP contribution is -2.32. The summed E-state index contributed by atoms with van der Waals surface area (Å²) in [5.74, 6) is 0.235. The number of aromatic amines is 1. The fourth-order valence-corrected chi connectivity index (χ4v) is 4.20. The van der Waals surface area contributed by atoms with Crippen LogP contribution in [0, 0.1) is 20.8 Å². The van der Waals surface area contributed by atoms with Crippen LogP contribution in [0.4, 0.5) is 0 Å². The van der Waals surface area contributed by atoms with Crippen molar-refractivity contribution in [2.45, 2.75) is 46.1 Å². The largest absolute Gasteiger partial charge is 0.358 e. The number of benzene rings is 2. The number of nitrogens with zero attached hydrogens (tertiary/aromatic N) is 1. The predicted molar refractivity (Wildman–Crippen MR) is 106 cm³/mol. The van der Waals surface area contributed by atoms with Crippen molar-refractivity contribution in [1.82, 2.24) is 9.88 Å². The molecule has 0 spiro atoms. The third-order valence-corrected chi connectivity index (χ3v) is 5.84. The predicted octanol–water partition coefficient (Wildman–Crippen LogP) is 5.00. The molecule has 2 heterocycles. The minimum Gasteiger partial charge on any atom is -0.358 e. The van der Waals surface area contributed by atoms with E-state index in [1.807, 2.05) is 12.1 Å². The van der Waals surface area contributed by atoms with Gasteiger partial charge in [-0.25, -0.2) is 0 Å². The molecule has 0 saturated carbocycles. The van der Waals surface area contributed by atoms with E-state index in [2.05, 4.69) is 61.0 Å². The van der Waals surface area contributed by atoms with Gasteiger partial charge in [0.2, 0.25) is 5.91 Å². The summed E-state index contributed by atoms with van der Waals surface area (Å²) < 4.78 is 0. The molecule has 1 atom stereocenters. The Bertz CT molecular complexity index is 969. The quantitative estimate of drug-likeness (QED) is 0.712. The fraction of sp³-hybridized carbons (Fsp3) is 0.348. The van der Waals surface area contributed by atoms with E-state index in [1.165, 1.54) is 22.1 Å². The van der Waals surface area contributed by atoms with Gasteiger partial charge in [0.15, 0.2) is 0 Å². The standard InChI is InChI=1S/C23H26N2O/c1-15-10-11-18(13-16(15)2)22-9-6-12-25(22)23(26)14-20-17(3)24-21-8-5-4-7-19(20)21/h4-5,7-8,10-11,13,22,24H,6,9,12,14H2,1-3H3. The number of likely N-dealkylation sites (tertiary alicyclic amines) is 1. The second kappa shape index (κ2) is 6.64. The van der Waals surface area contributed by atoms with Crippen LogP contribution >= 0.6 is 0 Å². The van der Waals surface area contributed by atoms with Crippen molar-refractivity contribution in [2.24, 2.45) is 0 Å². The van der Waals surface area contributed by atoms with Gasteiger partial charge < -0.3 is 9.88 Å². The zero-order valence-corrected chi connectivity index (χ0v) is 15.8. The highest BCUT2D eigenvalue weighted by Crippen LogP contribution is 2.34. The van der Waals surface area contributed by atoms with E-state index >= 15 is 0 Å². The van der Waals surface area contributed by atoms with E-state index < -0.39 is 0 Å². The second-order valence-corrected chi connectivity index (χ2v) is 7.54. The number of amides is 1. The van der Waals surface area contributed by atoms with Crippen LogP contribution in [0.2, 0.25) is 0 Å². The molecule has 1 amide bonds. The maximum Gasteiger partial charge on any atom is 0.227 e. The van der Waals surface area contributed by atoms with Crippen LogP contribution in [0.15, 0.2) is 42.5 Å². The Hall–Kier alpha value is -2.55. The summed E-state index contributed by atoms with van der Waals surface area (Å²) in [6, 6.07) is 15.1. The topological polar surface area (TPSA) is 36.1 Å². The smallest absolute Gasteiger partial charge is 0.227 e. The van der Waals surface area contributed by atoms with E-state index in [9.17, 15) is 4.79 Å². The number of fused-ring (bicyclic) bond motifs is 1. The first-order valence-corrected chi connectivity index (χ1v) is 9.47. The first kappa shape index (κ1) is 16.9. The summed E-state index contributed by atoms with van der Waals surface area (Å²) in [5.41, 5.74) is 7.22. The minimum atomic E-state index is 0.215. The SMILES string of the molecule is Cc1ccc(C2CCCN2C(=O)Cc2c(C)[nH]c3ccccc23)cc1C. The molecule has 2 aromatic carbocycles. The fourth-order valence-electron chi connectivity index (χ4n) is 4.20. The van der Waals surface area contributed by atoms with Gasteiger partial charge in [-0.1, -0.05) is 36.4 Å². The molecule has 4 rings (SSSR count). The van der Waals surface area contributed by atoms with Crippen LogP contribution in [-0.4, -0.2) is 22.3 Å². The maximum atomic E-state index is 13.2. The van der Waals surface area contributed by atoms with Gasteiger partial charge in [0, 0.05) is 23.1 Å². The number of hydrogen-bond acceptors (Lipinski definition) is 1. The van der Waals surface area contributed by atoms with Gasteiger partial charge in [-0.2, -0.15) is 0 Å². The Balaban J connectivity index is 1.60. The van der Waals surface area contributed by atoms with E-state index in [1.54, 1.807) is 0 Å². The monoisotopic (exact) mass is 346 g/mol. The van der Waals surface area contributed by atoms with Crippen molar-refractivity contribution in [3.8, 4) is 0 Å². The summed E-state index contributed by atoms with van der Waals surface area (Å²) in [7, 11) is 0. The molecule has 1 aliphatic heterocycles. The summed E-state index contributed by atoms with van der Waals surface area (Å²) in [4.78, 5) is 18.7. The average Bonchev–Trinajstić information content (AvgIpc) is 3.23. The number of para-hydroxylation sites is 1. The molecule has 0 bridgehead atoms. The van der Waals surface area contributed by atoms with E-state index in [0.29, 0.717) is 6.42 Å². The number of carbonyl (C=O) groups is 1. The Morgan fingerprint density at radius 1 is 1.12 bits per heavy atom. The number of carbonyl (C=O) groups excluding carboxylic acids is 1. The molecule has 1 unspecified atom stereocenters. The summed E-state index contributed by atoms with van der Waals surface area (Å²) >= 11 is 0. The van der Waals surface area contributed by atoms with Crippen molar-refractivity contribution in [3.63, 3.8) is 0 Å². The van der Waals surface area contributed by atoms with E-state index in [4.69, 9.17) is 0 Å². The average molecular weight is 346 g/mol. The Kier molecular flexibility index (Phi) is 4.31. The molecule has 1 aromatic heterocycles. The summed E-state index contributed by atoms with van der Waals surface area (Å²) in [5, 5.41) is 1.17. The highest BCUT2D eigenvalue weighted by atomic mass is 16.2. The lowest BCUT2D eigenvalue weighted by molar-refractivity contribution is -0.131. The molecule has 26 heavy (non-hydrogen) atoms. The van der Waals surface area contributed by atoms with Crippen LogP contribution in [0.1, 0.15) is 46.8 Å². The van der Waals surface area contributed by atoms with E-state index in [-0.39, 0.29) is 11.9 Å². The highest BCUT2D eigenvalue weighted by molar-refractivity contribution is 5.90. The van der Waals surface area contributed by atoms with Crippen molar-refractivity contribution in [3.05, 3.63) is 70.4 Å². The lowest BCUT2D eigenvalue weighted by atomic mass is 9.99. The van der Waals surface area contributed by atoms with Crippen molar-refractivity contribution >= 4 is 16.8 Å². The highest BCUT2D eigenvalue weighted by Gasteiger charge is 2.30. The second-order valence-electron chi connectivity index (χ2n) is 7.54. The molecule has 0 radical (unpaired) electrons. The number of H-pyrrole nitrogens is 1. The van der Waals surface area contributed by atoms with Gasteiger partial charge in [-0.05, 0) is 61.9 Å². The molecule has 1 fully saturated rings. The van der Waals surface area contributed by atoms with Gasteiger partial charge >= 0.3 is 0 Å². The van der Waals surface area contributed by atoms with E-state index in [0.717, 1.165) is 36.2 Å². The number of rotatable bonds is 3. The molecular weight excluding hydrogens is 320 g/mol. The van der Waals surface area contributed by atoms with Gasteiger partial charge in [0.1, 0.15) is 0 Å². The third-order valence-electron chi connectivity index (χ3n) is 5.84. The van der Waals surface area contributed by atoms with Gasteiger partial charge in [-0.3, -0.25) is 4.79 Å². The van der Waals surface area contributed by atoms with Gasteiger partial charge in [-0.15, -0.1) is 0 Å².